The van der Waals surface area contributed by atoms with E-state index in [4.69, 9.17) is 18.3 Å². The molecule has 0 amide bonds. The van der Waals surface area contributed by atoms with E-state index < -0.39 is 33.9 Å². The summed E-state index contributed by atoms with van der Waals surface area (Å²) in [4.78, 5) is 26.8. The van der Waals surface area contributed by atoms with E-state index in [0.29, 0.717) is 65.8 Å². The Labute approximate surface area is 369 Å². The van der Waals surface area contributed by atoms with Crippen LogP contribution in [0.2, 0.25) is 51.4 Å². The Morgan fingerprint density at radius 3 is 1.90 bits per heavy atom. The number of hydrogen-bond donors (Lipinski definition) is 1. The Hall–Kier alpha value is -4.28. The molecule has 0 saturated heterocycles. The van der Waals surface area contributed by atoms with Gasteiger partial charge in [-0.1, -0.05) is 66.1 Å². The molecule has 4 aromatic heterocycles. The molecule has 0 fully saturated rings. The fourth-order valence-corrected chi connectivity index (χ4v) is 6.32. The standard InChI is InChI=1S/C19H24FN3O3Si.C10H6FNO2.C9H18N2OSi.C4H9.CH4.Li.H2/c1-27(2,3)9-8-25-13-23-7-6-21-19(23)18(24)15-5-4-14(20)10-16(15)17-11-26-12-22-17;11-8-2-1-7(4-13)9(3-8)10-5-14-6-12-10;1-13(2,3)7-6-12-9-11-5-4-10-8-11;1-3-4-2;;;/h4-7,10-12,18,24H,8-9,13H2,1-3H3;1-6H;4-5,8H,6-7,9H2,1-3H3;1,3-4H2,2H3;1H4;;1H/q;;;-1;;+1;/i;;;;;;1+1. The molecule has 0 radical (unpaired) electrons. The molecule has 1 atom stereocenters. The quantitative estimate of drug-likeness (QED) is 0.0439. The molecule has 0 aliphatic heterocycles. The van der Waals surface area contributed by atoms with Crippen LogP contribution in [0.15, 0.2) is 102 Å². The number of hydrogen-bond acceptors (Lipinski definition) is 10. The minimum atomic E-state index is -1.16. The topological polar surface area (TPSA) is 143 Å². The number of oxazole rings is 2. The summed E-state index contributed by atoms with van der Waals surface area (Å²) in [7, 11) is -2.09. The predicted octanol–water partition coefficient (Wildman–Crippen LogP) is 8.07. The van der Waals surface area contributed by atoms with Gasteiger partial charge in [0, 0.05) is 72.3 Å². The summed E-state index contributed by atoms with van der Waals surface area (Å²) >= 11 is 0. The first-order chi connectivity index (χ1) is 27.7. The number of benzene rings is 2. The van der Waals surface area contributed by atoms with E-state index in [1.807, 2.05) is 10.8 Å². The number of carbonyl (C=O) groups is 1. The zero-order valence-corrected chi connectivity index (χ0v) is 37.6. The van der Waals surface area contributed by atoms with Gasteiger partial charge in [-0.2, -0.15) is 6.42 Å². The number of aliphatic hydroxyl groups is 1. The molecule has 60 heavy (non-hydrogen) atoms. The second kappa shape index (κ2) is 27.5. The second-order valence-electron chi connectivity index (χ2n) is 15.6. The van der Waals surface area contributed by atoms with Gasteiger partial charge in [0.15, 0.2) is 19.1 Å². The van der Waals surface area contributed by atoms with Crippen LogP contribution in [0.5, 0.6) is 0 Å². The van der Waals surface area contributed by atoms with Crippen LogP contribution in [0.4, 0.5) is 8.78 Å². The summed E-state index contributed by atoms with van der Waals surface area (Å²) in [5.74, 6) is -0.394. The van der Waals surface area contributed by atoms with Gasteiger partial charge in [0.05, 0.1) is 6.33 Å². The number of imidazole rings is 2. The minimum Gasteiger partial charge on any atom is -0.451 e. The van der Waals surface area contributed by atoms with Crippen LogP contribution < -0.4 is 18.9 Å². The molecule has 0 aliphatic carbocycles. The first-order valence-electron chi connectivity index (χ1n) is 19.1. The van der Waals surface area contributed by atoms with Gasteiger partial charge in [-0.25, -0.2) is 28.7 Å². The Balaban J connectivity index is 0.000000897. The SMILES string of the molecule is C.C[Si](C)(C)CCOCn1ccnc1.C[Si](C)(C)CCOCn1ccnc1C(O)c1ccc(F)cc1-c1cocn1.O=Cc1ccc(F)cc1-c1cocn1.[2HH].[CH2-]CCC.[Li+]. The summed E-state index contributed by atoms with van der Waals surface area (Å²) in [6, 6.07) is 10.3. The number of carbonyl (C=O) groups excluding carboxylic acids is 1. The van der Waals surface area contributed by atoms with Crippen LogP contribution in [0, 0.1) is 18.6 Å². The van der Waals surface area contributed by atoms with E-state index in [0.717, 1.165) is 19.1 Å². The van der Waals surface area contributed by atoms with Crippen LogP contribution >= 0.6 is 0 Å². The van der Waals surface area contributed by atoms with Crippen LogP contribution in [0.25, 0.3) is 22.5 Å². The van der Waals surface area contributed by atoms with Crippen molar-refractivity contribution in [1.82, 2.24) is 29.1 Å². The number of halogens is 2. The Morgan fingerprint density at radius 1 is 0.850 bits per heavy atom. The van der Waals surface area contributed by atoms with Crippen molar-refractivity contribution >= 4 is 22.4 Å². The molecule has 17 heteroatoms. The van der Waals surface area contributed by atoms with Gasteiger partial charge in [0.25, 0.3) is 0 Å². The van der Waals surface area contributed by atoms with E-state index in [1.54, 1.807) is 29.5 Å². The first-order valence-corrected chi connectivity index (χ1v) is 26.5. The second-order valence-corrected chi connectivity index (χ2v) is 26.9. The molecule has 6 rings (SSSR count). The average molecular weight is 862 g/mol. The van der Waals surface area contributed by atoms with Crippen molar-refractivity contribution < 1.29 is 57.3 Å². The number of unbranched alkanes of at least 4 members (excludes halogenated alkanes) is 1. The largest absolute Gasteiger partial charge is 1.00 e. The van der Waals surface area contributed by atoms with E-state index in [2.05, 4.69) is 73.1 Å². The van der Waals surface area contributed by atoms with Crippen LogP contribution in [0.3, 0.4) is 0 Å². The van der Waals surface area contributed by atoms with Crippen molar-refractivity contribution in [1.29, 1.82) is 0 Å². The molecule has 2 aromatic carbocycles. The molecule has 4 heterocycles. The monoisotopic (exact) mass is 861 g/mol. The number of aliphatic hydroxyl groups excluding tert-OH is 1. The van der Waals surface area contributed by atoms with Crippen LogP contribution in [-0.2, 0) is 22.9 Å². The van der Waals surface area contributed by atoms with Gasteiger partial charge in [0.1, 0.15) is 60.9 Å². The third-order valence-electron chi connectivity index (χ3n) is 8.24. The Morgan fingerprint density at radius 2 is 1.40 bits per heavy atom. The number of ether oxygens (including phenoxy) is 2. The van der Waals surface area contributed by atoms with Crippen molar-refractivity contribution in [3.05, 3.63) is 128 Å². The van der Waals surface area contributed by atoms with Crippen molar-refractivity contribution in [2.45, 2.75) is 98.1 Å². The third kappa shape index (κ3) is 19.4. The maximum absolute atomic E-state index is 13.7. The van der Waals surface area contributed by atoms with Gasteiger partial charge in [-0.15, -0.1) is 0 Å². The predicted molar refractivity (Wildman–Crippen MR) is 235 cm³/mol. The van der Waals surface area contributed by atoms with E-state index in [-0.39, 0.29) is 27.7 Å². The van der Waals surface area contributed by atoms with Crippen LogP contribution in [-0.4, -0.2) is 69.8 Å². The number of aldehydes is 1. The normalized spacial score (nSPS) is 11.3. The van der Waals surface area contributed by atoms with Gasteiger partial charge in [-0.3, -0.25) is 4.79 Å². The smallest absolute Gasteiger partial charge is 0.451 e. The molecule has 0 aliphatic rings. The molecule has 12 nitrogen and oxygen atoms in total. The number of nitrogens with zero attached hydrogens (tertiary/aromatic N) is 6. The molecule has 1 unspecified atom stereocenters. The maximum Gasteiger partial charge on any atom is 1.00 e. The fourth-order valence-electron chi connectivity index (χ4n) is 4.80. The molecular formula is C43H63F2LiN6O6Si2. The molecule has 1 N–H and O–H groups in total. The molecule has 0 bridgehead atoms. The molecule has 6 aromatic rings. The van der Waals surface area contributed by atoms with Gasteiger partial charge in [-0.05, 0) is 48.0 Å². The summed E-state index contributed by atoms with van der Waals surface area (Å²) in [5, 5.41) is 10.9. The summed E-state index contributed by atoms with van der Waals surface area (Å²) in [5.41, 5.74) is 2.69. The van der Waals surface area contributed by atoms with Gasteiger partial charge >= 0.3 is 18.9 Å². The minimum absolute atomic E-state index is 0. The first kappa shape index (κ1) is 53.7. The zero-order valence-electron chi connectivity index (χ0n) is 35.6. The molecule has 0 saturated carbocycles. The molecular weight excluding hydrogens is 798 g/mol. The van der Waals surface area contributed by atoms with Crippen LogP contribution in [0.1, 0.15) is 56.5 Å². The molecule has 324 valence electrons. The van der Waals surface area contributed by atoms with Gasteiger partial charge in [0.2, 0.25) is 0 Å². The molecule has 0 spiro atoms. The Kier molecular flexibility index (Phi) is 24.7. The van der Waals surface area contributed by atoms with Crippen molar-refractivity contribution in [2.24, 2.45) is 0 Å². The average Bonchev–Trinajstić information content (AvgIpc) is 4.04. The summed E-state index contributed by atoms with van der Waals surface area (Å²) in [6.07, 6.45) is 16.0. The summed E-state index contributed by atoms with van der Waals surface area (Å²) < 4.78 is 51.4. The van der Waals surface area contributed by atoms with E-state index >= 15 is 0 Å². The van der Waals surface area contributed by atoms with Crippen molar-refractivity contribution in [3.8, 4) is 22.5 Å². The summed E-state index contributed by atoms with van der Waals surface area (Å²) in [6.45, 7) is 22.1. The van der Waals surface area contributed by atoms with Crippen molar-refractivity contribution in [3.63, 3.8) is 0 Å². The fraction of sp³-hybridized carbons (Fsp3) is 0.395. The Bertz CT molecular complexity index is 2030. The zero-order chi connectivity index (χ0) is 42.6. The van der Waals surface area contributed by atoms with E-state index in [1.165, 1.54) is 74.2 Å². The van der Waals surface area contributed by atoms with E-state index in [9.17, 15) is 18.7 Å². The number of rotatable bonds is 16. The third-order valence-corrected chi connectivity index (χ3v) is 11.6. The maximum atomic E-state index is 13.7. The number of aromatic nitrogens is 6. The van der Waals surface area contributed by atoms with Gasteiger partial charge < -0.3 is 39.5 Å². The van der Waals surface area contributed by atoms with Crippen molar-refractivity contribution in [2.75, 3.05) is 13.2 Å².